The Morgan fingerprint density at radius 1 is 0.302 bits per heavy atom. The number of rotatable bonds is 8. The Morgan fingerprint density at radius 3 is 0.921 bits per heavy atom. The molecule has 3 aliphatic carbocycles. The molecular formula is C62H46O. The second kappa shape index (κ2) is 16.3. The first-order valence-corrected chi connectivity index (χ1v) is 22.2. The summed E-state index contributed by atoms with van der Waals surface area (Å²) in [7, 11) is 0. The van der Waals surface area contributed by atoms with Gasteiger partial charge in [-0.15, -0.1) is 0 Å². The zero-order chi connectivity index (χ0) is 42.2. The van der Waals surface area contributed by atoms with E-state index in [1.54, 1.807) is 0 Å². The van der Waals surface area contributed by atoms with Gasteiger partial charge in [0.2, 0.25) is 0 Å². The maximum atomic E-state index is 15.6. The maximum Gasteiger partial charge on any atom is 0.193 e. The van der Waals surface area contributed by atoms with E-state index in [4.69, 9.17) is 0 Å². The van der Waals surface area contributed by atoms with E-state index in [0.717, 1.165) is 115 Å². The molecule has 63 heavy (non-hydrogen) atoms. The highest BCUT2D eigenvalue weighted by molar-refractivity contribution is 6.15. The fourth-order valence-electron chi connectivity index (χ4n) is 10.1. The first kappa shape index (κ1) is 38.3. The molecule has 0 bridgehead atoms. The summed E-state index contributed by atoms with van der Waals surface area (Å²) in [6.45, 7) is 0. The summed E-state index contributed by atoms with van der Waals surface area (Å²) in [6.07, 6.45) is 18.0. The molecule has 1 nitrogen and oxygen atoms in total. The molecule has 8 aromatic rings. The number of carbonyl (C=O) groups excluding carboxylic acids is 1. The van der Waals surface area contributed by atoms with Crippen molar-refractivity contribution in [3.8, 4) is 66.8 Å². The molecule has 0 saturated heterocycles. The molecule has 0 aromatic heterocycles. The Kier molecular flexibility index (Phi) is 9.94. The van der Waals surface area contributed by atoms with E-state index in [9.17, 15) is 0 Å². The van der Waals surface area contributed by atoms with Gasteiger partial charge in [-0.25, -0.2) is 0 Å². The van der Waals surface area contributed by atoms with E-state index in [2.05, 4.69) is 231 Å². The second-order valence-electron chi connectivity index (χ2n) is 16.9. The first-order valence-electron chi connectivity index (χ1n) is 22.2. The van der Waals surface area contributed by atoms with Crippen LogP contribution < -0.4 is 0 Å². The molecule has 0 N–H and O–H groups in total. The number of fused-ring (bicyclic) bond motifs is 2. The molecule has 0 atom stereocenters. The van der Waals surface area contributed by atoms with Gasteiger partial charge in [-0.3, -0.25) is 4.79 Å². The van der Waals surface area contributed by atoms with Gasteiger partial charge in [0, 0.05) is 11.1 Å². The molecule has 300 valence electrons. The molecule has 0 aliphatic heterocycles. The fraction of sp³-hybridized carbons (Fsp3) is 0.0806. The lowest BCUT2D eigenvalue weighted by atomic mass is 9.57. The van der Waals surface area contributed by atoms with E-state index >= 15 is 4.79 Å². The Hall–Kier alpha value is -7.61. The van der Waals surface area contributed by atoms with Crippen molar-refractivity contribution in [3.63, 3.8) is 0 Å². The largest absolute Gasteiger partial charge is 0.289 e. The highest BCUT2D eigenvalue weighted by Gasteiger charge is 2.48. The first-order chi connectivity index (χ1) is 31.1. The smallest absolute Gasteiger partial charge is 0.193 e. The van der Waals surface area contributed by atoms with Crippen LogP contribution in [-0.4, -0.2) is 5.78 Å². The Bertz CT molecular complexity index is 2820. The Labute approximate surface area is 370 Å². The van der Waals surface area contributed by atoms with Crippen LogP contribution in [-0.2, 0) is 5.41 Å². The van der Waals surface area contributed by atoms with Gasteiger partial charge in [-0.1, -0.05) is 182 Å². The lowest BCUT2D eigenvalue weighted by molar-refractivity contribution is 0.103. The summed E-state index contributed by atoms with van der Waals surface area (Å²) in [4.78, 5) is 15.6. The Morgan fingerprint density at radius 2 is 0.619 bits per heavy atom. The summed E-state index contributed by atoms with van der Waals surface area (Å²) < 4.78 is 0. The number of hydrogen-bond donors (Lipinski definition) is 0. The molecule has 0 heterocycles. The molecule has 0 saturated carbocycles. The molecule has 11 rings (SSSR count). The van der Waals surface area contributed by atoms with Crippen molar-refractivity contribution in [2.75, 3.05) is 0 Å². The number of benzene rings is 8. The molecular weight excluding hydrogens is 761 g/mol. The summed E-state index contributed by atoms with van der Waals surface area (Å²) in [5.74, 6) is 0.0603. The minimum Gasteiger partial charge on any atom is -0.289 e. The van der Waals surface area contributed by atoms with Crippen LogP contribution in [0.3, 0.4) is 0 Å². The van der Waals surface area contributed by atoms with Crippen molar-refractivity contribution in [2.45, 2.75) is 31.1 Å². The predicted molar refractivity (Wildman–Crippen MR) is 263 cm³/mol. The third-order valence-corrected chi connectivity index (χ3v) is 13.2. The molecule has 0 unspecified atom stereocenters. The van der Waals surface area contributed by atoms with Gasteiger partial charge >= 0.3 is 0 Å². The lowest BCUT2D eigenvalue weighted by Gasteiger charge is -2.44. The van der Waals surface area contributed by atoms with E-state index in [1.165, 1.54) is 11.1 Å². The van der Waals surface area contributed by atoms with Gasteiger partial charge in [0.05, 0.1) is 5.41 Å². The van der Waals surface area contributed by atoms with Gasteiger partial charge < -0.3 is 0 Å². The standard InChI is InChI=1S/C62H46O/c63-61-57-41-47(53-37-49(43-19-7-1-8-20-43)35-50(38-53)44-21-9-2-10-22-44)31-33-59(57)62(55-27-15-5-16-28-55,56-29-17-6-18-30-56)60-34-32-48(42-58(60)61)54-39-51(45-23-11-3-12-24-45)36-52(40-54)46-25-13-4-14-26-46/h1-4,7-15,17,19-42H,5-6,16,18H2. The summed E-state index contributed by atoms with van der Waals surface area (Å²) in [6, 6.07) is 69.4. The predicted octanol–water partition coefficient (Wildman–Crippen LogP) is 16.1. The van der Waals surface area contributed by atoms with Gasteiger partial charge in [0.1, 0.15) is 0 Å². The van der Waals surface area contributed by atoms with Crippen LogP contribution in [0.4, 0.5) is 0 Å². The van der Waals surface area contributed by atoms with Crippen molar-refractivity contribution in [1.29, 1.82) is 0 Å². The summed E-state index contributed by atoms with van der Waals surface area (Å²) >= 11 is 0. The molecule has 0 fully saturated rings. The fourth-order valence-corrected chi connectivity index (χ4v) is 10.1. The van der Waals surface area contributed by atoms with E-state index < -0.39 is 5.41 Å². The number of hydrogen-bond acceptors (Lipinski definition) is 1. The minimum absolute atomic E-state index is 0.0603. The lowest BCUT2D eigenvalue weighted by Crippen LogP contribution is -2.39. The van der Waals surface area contributed by atoms with Crippen LogP contribution in [0.25, 0.3) is 66.8 Å². The molecule has 3 aliphatic rings. The molecule has 8 aromatic carbocycles. The van der Waals surface area contributed by atoms with Crippen LogP contribution in [0, 0.1) is 0 Å². The monoisotopic (exact) mass is 806 g/mol. The van der Waals surface area contributed by atoms with E-state index in [0.29, 0.717) is 0 Å². The number of ketones is 1. The average Bonchev–Trinajstić information content (AvgIpc) is 3.38. The normalized spacial score (nSPS) is 15.0. The van der Waals surface area contributed by atoms with Gasteiger partial charge in [0.15, 0.2) is 5.78 Å². The van der Waals surface area contributed by atoms with Crippen molar-refractivity contribution in [1.82, 2.24) is 0 Å². The SMILES string of the molecule is O=C1c2cc(-c3cc(-c4ccccc4)cc(-c4ccccc4)c3)ccc2C(C2=CCCC=C2)(C2=CCCC=C2)c2ccc(-c3cc(-c4ccccc4)cc(-c4ccccc4)c3)cc21. The topological polar surface area (TPSA) is 17.1 Å². The highest BCUT2D eigenvalue weighted by Crippen LogP contribution is 2.54. The molecule has 0 spiro atoms. The summed E-state index contributed by atoms with van der Waals surface area (Å²) in [5, 5.41) is 0. The third kappa shape index (κ3) is 6.97. The average molecular weight is 807 g/mol. The quantitative estimate of drug-likeness (QED) is 0.149. The molecule has 1 heteroatoms. The van der Waals surface area contributed by atoms with Crippen LogP contribution in [0.15, 0.2) is 242 Å². The third-order valence-electron chi connectivity index (χ3n) is 13.2. The van der Waals surface area contributed by atoms with Crippen molar-refractivity contribution in [2.24, 2.45) is 0 Å². The van der Waals surface area contributed by atoms with E-state index in [-0.39, 0.29) is 5.78 Å². The van der Waals surface area contributed by atoms with Crippen LogP contribution in [0.5, 0.6) is 0 Å². The molecule has 0 amide bonds. The van der Waals surface area contributed by atoms with Crippen LogP contribution >= 0.6 is 0 Å². The van der Waals surface area contributed by atoms with Crippen LogP contribution in [0.1, 0.15) is 52.7 Å². The van der Waals surface area contributed by atoms with Crippen molar-refractivity contribution >= 4 is 5.78 Å². The van der Waals surface area contributed by atoms with Crippen molar-refractivity contribution < 1.29 is 4.79 Å². The zero-order valence-corrected chi connectivity index (χ0v) is 35.2. The minimum atomic E-state index is -0.661. The summed E-state index contributed by atoms with van der Waals surface area (Å²) in [5.41, 5.74) is 18.8. The highest BCUT2D eigenvalue weighted by atomic mass is 16.1. The van der Waals surface area contributed by atoms with Gasteiger partial charge in [0.25, 0.3) is 0 Å². The van der Waals surface area contributed by atoms with Gasteiger partial charge in [-0.05, 0) is 163 Å². The maximum absolute atomic E-state index is 15.6. The Balaban J connectivity index is 1.14. The molecule has 0 radical (unpaired) electrons. The zero-order valence-electron chi connectivity index (χ0n) is 35.2. The second-order valence-corrected chi connectivity index (χ2v) is 16.9. The number of allylic oxidation sites excluding steroid dienone is 8. The number of carbonyl (C=O) groups is 1. The van der Waals surface area contributed by atoms with Gasteiger partial charge in [-0.2, -0.15) is 0 Å². The van der Waals surface area contributed by atoms with Crippen molar-refractivity contribution in [3.05, 3.63) is 264 Å². The van der Waals surface area contributed by atoms with Crippen LogP contribution in [0.2, 0.25) is 0 Å². The van der Waals surface area contributed by atoms with E-state index in [1.807, 2.05) is 0 Å².